The van der Waals surface area contributed by atoms with Crippen LogP contribution in [0.5, 0.6) is 0 Å². The first-order valence-corrected chi connectivity index (χ1v) is 5.55. The summed E-state index contributed by atoms with van der Waals surface area (Å²) < 4.78 is 0. The lowest BCUT2D eigenvalue weighted by Gasteiger charge is -2.08. The van der Waals surface area contributed by atoms with Gasteiger partial charge in [-0.15, -0.1) is 0 Å². The molecule has 0 unspecified atom stereocenters. The Morgan fingerprint density at radius 3 is 2.33 bits per heavy atom. The van der Waals surface area contributed by atoms with Crippen molar-refractivity contribution in [3.8, 4) is 0 Å². The number of nitrogens with one attached hydrogen (secondary N) is 1. The van der Waals surface area contributed by atoms with Crippen molar-refractivity contribution in [2.75, 3.05) is 6.54 Å². The highest BCUT2D eigenvalue weighted by molar-refractivity contribution is 5.72. The smallest absolute Gasteiger partial charge is 0.216 e. The van der Waals surface area contributed by atoms with Gasteiger partial charge in [-0.2, -0.15) is 0 Å². The Bertz CT molecular complexity index is 320. The number of amides is 1. The van der Waals surface area contributed by atoms with Crippen molar-refractivity contribution < 1.29 is 4.79 Å². The van der Waals surface area contributed by atoms with E-state index in [0.29, 0.717) is 0 Å². The molecule has 0 aliphatic carbocycles. The number of hydrogen-bond donors (Lipinski definition) is 1. The largest absolute Gasteiger partial charge is 0.356 e. The van der Waals surface area contributed by atoms with E-state index in [4.69, 9.17) is 0 Å². The van der Waals surface area contributed by atoms with Crippen LogP contribution in [0.4, 0.5) is 0 Å². The lowest BCUT2D eigenvalue weighted by Crippen LogP contribution is -2.22. The molecule has 0 heterocycles. The molecule has 15 heavy (non-hydrogen) atoms. The first kappa shape index (κ1) is 11.8. The van der Waals surface area contributed by atoms with Crippen LogP contribution in [-0.4, -0.2) is 12.5 Å². The summed E-state index contributed by atoms with van der Waals surface area (Å²) in [5.41, 5.74) is 2.76. The molecule has 0 radical (unpaired) electrons. The van der Waals surface area contributed by atoms with Gasteiger partial charge in [0.25, 0.3) is 0 Å². The van der Waals surface area contributed by atoms with Gasteiger partial charge in [0.15, 0.2) is 0 Å². The van der Waals surface area contributed by atoms with E-state index in [1.54, 1.807) is 6.92 Å². The van der Waals surface area contributed by atoms with Crippen molar-refractivity contribution >= 4 is 5.91 Å². The van der Waals surface area contributed by atoms with Crippen molar-refractivity contribution in [2.24, 2.45) is 0 Å². The number of carbonyl (C=O) groups excluding carboxylic acids is 1. The highest BCUT2D eigenvalue weighted by Gasteiger charge is 2.00. The summed E-state index contributed by atoms with van der Waals surface area (Å²) >= 11 is 0. The third-order valence-electron chi connectivity index (χ3n) is 2.41. The van der Waals surface area contributed by atoms with E-state index in [1.165, 1.54) is 11.1 Å². The third kappa shape index (κ3) is 4.15. The molecule has 0 spiro atoms. The van der Waals surface area contributed by atoms with Crippen molar-refractivity contribution in [1.82, 2.24) is 5.32 Å². The first-order chi connectivity index (χ1) is 7.24. The van der Waals surface area contributed by atoms with E-state index in [0.717, 1.165) is 25.8 Å². The van der Waals surface area contributed by atoms with Gasteiger partial charge in [-0.1, -0.05) is 37.6 Å². The van der Waals surface area contributed by atoms with E-state index in [-0.39, 0.29) is 5.91 Å². The van der Waals surface area contributed by atoms with E-state index in [2.05, 4.69) is 36.5 Å². The van der Waals surface area contributed by atoms with Gasteiger partial charge in [0.05, 0.1) is 0 Å². The Morgan fingerprint density at radius 2 is 1.80 bits per heavy atom. The molecule has 82 valence electrons. The van der Waals surface area contributed by atoms with Gasteiger partial charge in [-0.05, 0) is 24.0 Å². The SMILES string of the molecule is CCCc1ccccc1CCNC(C)=O. The Hall–Kier alpha value is -1.31. The monoisotopic (exact) mass is 205 g/mol. The molecule has 1 aromatic rings. The van der Waals surface area contributed by atoms with Crippen LogP contribution in [0, 0.1) is 0 Å². The number of hydrogen-bond acceptors (Lipinski definition) is 1. The molecule has 2 nitrogen and oxygen atoms in total. The summed E-state index contributed by atoms with van der Waals surface area (Å²) in [6.45, 7) is 4.47. The van der Waals surface area contributed by atoms with Gasteiger partial charge in [0.1, 0.15) is 0 Å². The zero-order chi connectivity index (χ0) is 11.1. The normalized spacial score (nSPS) is 10.0. The molecular weight excluding hydrogens is 186 g/mol. The molecule has 0 fully saturated rings. The van der Waals surface area contributed by atoms with Crippen LogP contribution in [0.15, 0.2) is 24.3 Å². The fourth-order valence-electron chi connectivity index (χ4n) is 1.69. The highest BCUT2D eigenvalue weighted by Crippen LogP contribution is 2.11. The van der Waals surface area contributed by atoms with E-state index in [9.17, 15) is 4.79 Å². The Labute approximate surface area is 91.7 Å². The summed E-state index contributed by atoms with van der Waals surface area (Å²) in [5.74, 6) is 0.0444. The molecule has 0 aromatic heterocycles. The fraction of sp³-hybridized carbons (Fsp3) is 0.462. The van der Waals surface area contributed by atoms with E-state index < -0.39 is 0 Å². The Balaban J connectivity index is 2.55. The van der Waals surface area contributed by atoms with Crippen molar-refractivity contribution in [2.45, 2.75) is 33.1 Å². The minimum atomic E-state index is 0.0444. The van der Waals surface area contributed by atoms with Crippen LogP contribution in [0.3, 0.4) is 0 Å². The van der Waals surface area contributed by atoms with E-state index in [1.807, 2.05) is 0 Å². The standard InChI is InChI=1S/C13H19NO/c1-3-6-12-7-4-5-8-13(12)9-10-14-11(2)15/h4-5,7-8H,3,6,9-10H2,1-2H3,(H,14,15). The topological polar surface area (TPSA) is 29.1 Å². The third-order valence-corrected chi connectivity index (χ3v) is 2.41. The molecule has 0 bridgehead atoms. The minimum Gasteiger partial charge on any atom is -0.356 e. The van der Waals surface area contributed by atoms with Crippen LogP contribution >= 0.6 is 0 Å². The highest BCUT2D eigenvalue weighted by atomic mass is 16.1. The van der Waals surface area contributed by atoms with Crippen molar-refractivity contribution in [3.05, 3.63) is 35.4 Å². The summed E-state index contributed by atoms with van der Waals surface area (Å²) in [5, 5.41) is 2.82. The fourth-order valence-corrected chi connectivity index (χ4v) is 1.69. The van der Waals surface area contributed by atoms with Crippen molar-refractivity contribution in [1.29, 1.82) is 0 Å². The Morgan fingerprint density at radius 1 is 1.20 bits per heavy atom. The number of benzene rings is 1. The first-order valence-electron chi connectivity index (χ1n) is 5.55. The van der Waals surface area contributed by atoms with Gasteiger partial charge in [-0.3, -0.25) is 4.79 Å². The minimum absolute atomic E-state index is 0.0444. The predicted molar refractivity (Wildman–Crippen MR) is 62.8 cm³/mol. The van der Waals surface area contributed by atoms with Gasteiger partial charge in [0.2, 0.25) is 5.91 Å². The molecule has 0 aliphatic rings. The number of aryl methyl sites for hydroxylation is 1. The average molecular weight is 205 g/mol. The van der Waals surface area contributed by atoms with Crippen LogP contribution in [-0.2, 0) is 17.6 Å². The molecule has 0 saturated carbocycles. The van der Waals surface area contributed by atoms with Crippen LogP contribution in [0.1, 0.15) is 31.4 Å². The average Bonchev–Trinajstić information content (AvgIpc) is 2.20. The maximum atomic E-state index is 10.7. The summed E-state index contributed by atoms with van der Waals surface area (Å²) in [4.78, 5) is 10.7. The quantitative estimate of drug-likeness (QED) is 0.785. The van der Waals surface area contributed by atoms with E-state index >= 15 is 0 Å². The van der Waals surface area contributed by atoms with Gasteiger partial charge in [0, 0.05) is 13.5 Å². The van der Waals surface area contributed by atoms with Gasteiger partial charge < -0.3 is 5.32 Å². The second-order valence-electron chi connectivity index (χ2n) is 3.75. The lowest BCUT2D eigenvalue weighted by molar-refractivity contribution is -0.118. The molecule has 0 saturated heterocycles. The van der Waals surface area contributed by atoms with Crippen LogP contribution in [0.2, 0.25) is 0 Å². The maximum Gasteiger partial charge on any atom is 0.216 e. The van der Waals surface area contributed by atoms with Crippen LogP contribution in [0.25, 0.3) is 0 Å². The lowest BCUT2D eigenvalue weighted by atomic mass is 10.0. The second-order valence-corrected chi connectivity index (χ2v) is 3.75. The molecule has 1 aromatic carbocycles. The summed E-state index contributed by atoms with van der Waals surface area (Å²) in [7, 11) is 0. The Kier molecular flexibility index (Phi) is 4.88. The summed E-state index contributed by atoms with van der Waals surface area (Å²) in [6, 6.07) is 8.45. The summed E-state index contributed by atoms with van der Waals surface area (Å²) in [6.07, 6.45) is 3.21. The second kappa shape index (κ2) is 6.23. The molecule has 1 amide bonds. The molecule has 2 heteroatoms. The zero-order valence-corrected chi connectivity index (χ0v) is 9.55. The number of carbonyl (C=O) groups is 1. The molecule has 1 rings (SSSR count). The van der Waals surface area contributed by atoms with Crippen molar-refractivity contribution in [3.63, 3.8) is 0 Å². The maximum absolute atomic E-state index is 10.7. The molecular formula is C13H19NO. The van der Waals surface area contributed by atoms with Gasteiger partial charge >= 0.3 is 0 Å². The molecule has 0 aliphatic heterocycles. The predicted octanol–water partition coefficient (Wildman–Crippen LogP) is 2.32. The molecule has 0 atom stereocenters. The number of rotatable bonds is 5. The van der Waals surface area contributed by atoms with Gasteiger partial charge in [-0.25, -0.2) is 0 Å². The zero-order valence-electron chi connectivity index (χ0n) is 9.55. The van der Waals surface area contributed by atoms with Crippen LogP contribution < -0.4 is 5.32 Å². The molecule has 1 N–H and O–H groups in total.